The van der Waals surface area contributed by atoms with Gasteiger partial charge in [-0.1, -0.05) is 11.6 Å². The number of nitrogens with zero attached hydrogens (tertiary/aromatic N) is 1. The highest BCUT2D eigenvalue weighted by molar-refractivity contribution is 6.33. The highest BCUT2D eigenvalue weighted by atomic mass is 35.5. The Labute approximate surface area is 74.0 Å². The number of aromatic nitrogens is 2. The van der Waals surface area contributed by atoms with E-state index in [1.54, 1.807) is 12.4 Å². The number of nitrogens with one attached hydrogen (secondary N) is 1. The number of H-pyrrole nitrogens is 1. The fraction of sp³-hybridized carbons (Fsp3) is 0.125. The van der Waals surface area contributed by atoms with Crippen LogP contribution >= 0.6 is 11.6 Å². The maximum atomic E-state index is 8.95. The Morgan fingerprint density at radius 2 is 2.42 bits per heavy atom. The van der Waals surface area contributed by atoms with Gasteiger partial charge in [-0.3, -0.25) is 0 Å². The first kappa shape index (κ1) is 7.58. The van der Waals surface area contributed by atoms with Gasteiger partial charge >= 0.3 is 0 Å². The minimum absolute atomic E-state index is 0.0154. The van der Waals surface area contributed by atoms with Crippen LogP contribution in [0.3, 0.4) is 0 Å². The van der Waals surface area contributed by atoms with Crippen molar-refractivity contribution in [3.63, 3.8) is 0 Å². The highest BCUT2D eigenvalue weighted by Crippen LogP contribution is 2.22. The largest absolute Gasteiger partial charge is 0.392 e. The molecule has 0 aromatic carbocycles. The molecule has 2 rings (SSSR count). The summed E-state index contributed by atoms with van der Waals surface area (Å²) in [6.45, 7) is -0.0154. The van der Waals surface area contributed by atoms with E-state index in [9.17, 15) is 0 Å². The second-order valence-corrected chi connectivity index (χ2v) is 2.86. The molecule has 0 aliphatic rings. The number of fused-ring (bicyclic) bond motifs is 1. The van der Waals surface area contributed by atoms with Crippen LogP contribution in [0.15, 0.2) is 18.5 Å². The minimum atomic E-state index is -0.0154. The van der Waals surface area contributed by atoms with Gasteiger partial charge in [0.05, 0.1) is 12.1 Å². The Balaban J connectivity index is 2.82. The van der Waals surface area contributed by atoms with Crippen LogP contribution in [0, 0.1) is 0 Å². The quantitative estimate of drug-likeness (QED) is 0.660. The van der Waals surface area contributed by atoms with Crippen molar-refractivity contribution in [1.82, 2.24) is 9.97 Å². The standard InChI is InChI=1S/C8H7ClN2O/c9-8-7-6(1-2-10-7)5(4-12)3-11-8/h1-3,10,12H,4H2. The van der Waals surface area contributed by atoms with Gasteiger partial charge < -0.3 is 10.1 Å². The molecule has 0 saturated carbocycles. The molecule has 0 bridgehead atoms. The van der Waals surface area contributed by atoms with Crippen LogP contribution in [0.1, 0.15) is 5.56 Å². The Kier molecular flexibility index (Phi) is 1.75. The van der Waals surface area contributed by atoms with E-state index in [1.165, 1.54) is 0 Å². The van der Waals surface area contributed by atoms with E-state index < -0.39 is 0 Å². The first-order valence-corrected chi connectivity index (χ1v) is 3.92. The molecule has 0 spiro atoms. The van der Waals surface area contributed by atoms with Gasteiger partial charge in [0.15, 0.2) is 5.15 Å². The predicted octanol–water partition coefficient (Wildman–Crippen LogP) is 1.71. The van der Waals surface area contributed by atoms with E-state index in [-0.39, 0.29) is 6.61 Å². The molecule has 12 heavy (non-hydrogen) atoms. The molecule has 2 aromatic heterocycles. The van der Waals surface area contributed by atoms with Crippen molar-refractivity contribution in [1.29, 1.82) is 0 Å². The zero-order valence-corrected chi connectivity index (χ0v) is 6.97. The van der Waals surface area contributed by atoms with Crippen molar-refractivity contribution in [2.75, 3.05) is 0 Å². The summed E-state index contributed by atoms with van der Waals surface area (Å²) in [5, 5.41) is 10.3. The summed E-state index contributed by atoms with van der Waals surface area (Å²) in [5.74, 6) is 0. The first-order chi connectivity index (χ1) is 5.83. The second kappa shape index (κ2) is 2.77. The van der Waals surface area contributed by atoms with Crippen molar-refractivity contribution < 1.29 is 5.11 Å². The van der Waals surface area contributed by atoms with E-state index >= 15 is 0 Å². The van der Waals surface area contributed by atoms with Crippen molar-refractivity contribution >= 4 is 22.5 Å². The van der Waals surface area contributed by atoms with Gasteiger partial charge in [-0.2, -0.15) is 0 Å². The topological polar surface area (TPSA) is 48.9 Å². The van der Waals surface area contributed by atoms with E-state index in [0.717, 1.165) is 16.5 Å². The van der Waals surface area contributed by atoms with E-state index in [0.29, 0.717) is 5.15 Å². The van der Waals surface area contributed by atoms with Crippen LogP contribution in [0.25, 0.3) is 10.9 Å². The fourth-order valence-corrected chi connectivity index (χ4v) is 1.41. The number of pyridine rings is 1. The van der Waals surface area contributed by atoms with Crippen LogP contribution < -0.4 is 0 Å². The van der Waals surface area contributed by atoms with E-state index in [1.807, 2.05) is 6.07 Å². The molecule has 0 amide bonds. The Morgan fingerprint density at radius 3 is 3.17 bits per heavy atom. The van der Waals surface area contributed by atoms with Gasteiger partial charge in [0.2, 0.25) is 0 Å². The molecule has 0 atom stereocenters. The minimum Gasteiger partial charge on any atom is -0.392 e. The summed E-state index contributed by atoms with van der Waals surface area (Å²) in [4.78, 5) is 6.88. The zero-order valence-electron chi connectivity index (χ0n) is 6.21. The molecular formula is C8H7ClN2O. The molecular weight excluding hydrogens is 176 g/mol. The molecule has 0 aliphatic carbocycles. The molecule has 2 aromatic rings. The Morgan fingerprint density at radius 1 is 1.58 bits per heavy atom. The van der Waals surface area contributed by atoms with Gasteiger partial charge in [-0.05, 0) is 6.07 Å². The first-order valence-electron chi connectivity index (χ1n) is 3.54. The van der Waals surface area contributed by atoms with Crippen LogP contribution in [0.5, 0.6) is 0 Å². The summed E-state index contributed by atoms with van der Waals surface area (Å²) in [6, 6.07) is 1.87. The van der Waals surface area contributed by atoms with E-state index in [2.05, 4.69) is 9.97 Å². The third-order valence-electron chi connectivity index (χ3n) is 1.80. The molecule has 62 valence electrons. The Bertz CT molecular complexity index is 410. The number of aliphatic hydroxyl groups excluding tert-OH is 1. The van der Waals surface area contributed by atoms with Gasteiger partial charge in [0.1, 0.15) is 0 Å². The number of halogens is 1. The number of aliphatic hydroxyl groups is 1. The molecule has 0 fully saturated rings. The van der Waals surface area contributed by atoms with Crippen molar-refractivity contribution in [3.05, 3.63) is 29.2 Å². The van der Waals surface area contributed by atoms with Crippen LogP contribution in [0.2, 0.25) is 5.15 Å². The zero-order chi connectivity index (χ0) is 8.55. The van der Waals surface area contributed by atoms with Gasteiger partial charge in [0.25, 0.3) is 0 Å². The summed E-state index contributed by atoms with van der Waals surface area (Å²) in [6.07, 6.45) is 3.36. The molecule has 4 heteroatoms. The lowest BCUT2D eigenvalue weighted by Gasteiger charge is -1.98. The second-order valence-electron chi connectivity index (χ2n) is 2.50. The lowest BCUT2D eigenvalue weighted by atomic mass is 10.2. The number of aromatic amines is 1. The van der Waals surface area contributed by atoms with Crippen molar-refractivity contribution in [3.8, 4) is 0 Å². The van der Waals surface area contributed by atoms with Crippen LogP contribution in [-0.4, -0.2) is 15.1 Å². The lowest BCUT2D eigenvalue weighted by molar-refractivity contribution is 0.283. The number of hydrogen-bond acceptors (Lipinski definition) is 2. The third-order valence-corrected chi connectivity index (χ3v) is 2.09. The summed E-state index contributed by atoms with van der Waals surface area (Å²) >= 11 is 5.80. The average Bonchev–Trinajstić information content (AvgIpc) is 2.54. The maximum absolute atomic E-state index is 8.95. The lowest BCUT2D eigenvalue weighted by Crippen LogP contribution is -1.87. The van der Waals surface area contributed by atoms with Crippen LogP contribution in [-0.2, 0) is 6.61 Å². The summed E-state index contributed by atoms with van der Waals surface area (Å²) in [5.41, 5.74) is 1.57. The van der Waals surface area contributed by atoms with Gasteiger partial charge in [-0.25, -0.2) is 4.98 Å². The maximum Gasteiger partial charge on any atom is 0.153 e. The van der Waals surface area contributed by atoms with Crippen molar-refractivity contribution in [2.45, 2.75) is 6.61 Å². The molecule has 2 heterocycles. The van der Waals surface area contributed by atoms with Crippen molar-refractivity contribution in [2.24, 2.45) is 0 Å². The van der Waals surface area contributed by atoms with Gasteiger partial charge in [-0.15, -0.1) is 0 Å². The summed E-state index contributed by atoms with van der Waals surface area (Å²) in [7, 11) is 0. The SMILES string of the molecule is OCc1cnc(Cl)c2[nH]ccc12. The summed E-state index contributed by atoms with van der Waals surface area (Å²) < 4.78 is 0. The molecule has 0 saturated heterocycles. The number of rotatable bonds is 1. The molecule has 0 radical (unpaired) electrons. The van der Waals surface area contributed by atoms with E-state index in [4.69, 9.17) is 16.7 Å². The highest BCUT2D eigenvalue weighted by Gasteiger charge is 2.04. The Hall–Kier alpha value is -1.06. The number of hydrogen-bond donors (Lipinski definition) is 2. The predicted molar refractivity (Wildman–Crippen MR) is 47.0 cm³/mol. The van der Waals surface area contributed by atoms with Crippen LogP contribution in [0.4, 0.5) is 0 Å². The normalized spacial score (nSPS) is 10.8. The molecule has 0 unspecified atom stereocenters. The monoisotopic (exact) mass is 182 g/mol. The third kappa shape index (κ3) is 0.983. The molecule has 3 nitrogen and oxygen atoms in total. The molecule has 0 aliphatic heterocycles. The smallest absolute Gasteiger partial charge is 0.153 e. The molecule has 2 N–H and O–H groups in total. The van der Waals surface area contributed by atoms with Gasteiger partial charge in [0, 0.05) is 23.3 Å². The fourth-order valence-electron chi connectivity index (χ4n) is 1.20. The average molecular weight is 183 g/mol.